The summed E-state index contributed by atoms with van der Waals surface area (Å²) in [5.74, 6) is -0.249. The standard InChI is InChI=1S/C30H27FN6O3/c31-21-4-1-3-18(11-21)14-36-10-2-5-24(30(36)40)29(39)35-22-8-6-20(7-9-22)25-15-37(23-12-19(13-23)16-38)28-26(25)27(32)33-17-34-28/h1-11,15,17,19,23,38H,12-14,16H2,(H,35,39)(H2,32,33,34)/t19-,23+. The van der Waals surface area contributed by atoms with Crippen LogP contribution in [0.2, 0.25) is 0 Å². The summed E-state index contributed by atoms with van der Waals surface area (Å²) >= 11 is 0. The van der Waals surface area contributed by atoms with E-state index in [1.165, 1.54) is 29.1 Å². The van der Waals surface area contributed by atoms with Crippen LogP contribution in [0.5, 0.6) is 0 Å². The van der Waals surface area contributed by atoms with Gasteiger partial charge in [0.1, 0.15) is 29.2 Å². The summed E-state index contributed by atoms with van der Waals surface area (Å²) in [4.78, 5) is 34.6. The molecule has 40 heavy (non-hydrogen) atoms. The molecule has 4 N–H and O–H groups in total. The Bertz CT molecular complexity index is 1770. The van der Waals surface area contributed by atoms with E-state index >= 15 is 0 Å². The van der Waals surface area contributed by atoms with Crippen molar-refractivity contribution in [3.8, 4) is 11.1 Å². The van der Waals surface area contributed by atoms with Crippen molar-refractivity contribution in [2.45, 2.75) is 25.4 Å². The van der Waals surface area contributed by atoms with E-state index in [9.17, 15) is 19.1 Å². The predicted molar refractivity (Wildman–Crippen MR) is 150 cm³/mol. The number of amides is 1. The van der Waals surface area contributed by atoms with Crippen molar-refractivity contribution in [2.75, 3.05) is 17.7 Å². The molecule has 0 unspecified atom stereocenters. The third kappa shape index (κ3) is 4.73. The lowest BCUT2D eigenvalue weighted by Crippen LogP contribution is -2.29. The Morgan fingerprint density at radius 2 is 1.90 bits per heavy atom. The summed E-state index contributed by atoms with van der Waals surface area (Å²) in [5.41, 5.74) is 9.41. The Morgan fingerprint density at radius 1 is 1.10 bits per heavy atom. The van der Waals surface area contributed by atoms with E-state index in [1.54, 1.807) is 36.5 Å². The smallest absolute Gasteiger partial charge is 0.263 e. The second-order valence-corrected chi connectivity index (χ2v) is 10.1. The summed E-state index contributed by atoms with van der Waals surface area (Å²) in [5, 5.41) is 13.0. The second-order valence-electron chi connectivity index (χ2n) is 10.1. The van der Waals surface area contributed by atoms with Crippen LogP contribution in [0.1, 0.15) is 34.8 Å². The predicted octanol–water partition coefficient (Wildman–Crippen LogP) is 4.23. The van der Waals surface area contributed by atoms with Crippen molar-refractivity contribution < 1.29 is 14.3 Å². The van der Waals surface area contributed by atoms with Crippen LogP contribution in [-0.4, -0.2) is 36.7 Å². The topological polar surface area (TPSA) is 128 Å². The van der Waals surface area contributed by atoms with Gasteiger partial charge in [0, 0.05) is 36.3 Å². The van der Waals surface area contributed by atoms with Gasteiger partial charge < -0.3 is 25.3 Å². The highest BCUT2D eigenvalue weighted by Gasteiger charge is 2.32. The molecule has 0 radical (unpaired) electrons. The molecule has 0 aliphatic heterocycles. The van der Waals surface area contributed by atoms with Gasteiger partial charge >= 0.3 is 0 Å². The van der Waals surface area contributed by atoms with E-state index in [0.29, 0.717) is 23.0 Å². The maximum Gasteiger partial charge on any atom is 0.263 e. The normalized spacial score (nSPS) is 16.6. The third-order valence-electron chi connectivity index (χ3n) is 7.46. The van der Waals surface area contributed by atoms with E-state index in [2.05, 4.69) is 19.9 Å². The molecular formula is C30H27FN6O3. The molecular weight excluding hydrogens is 511 g/mol. The first-order chi connectivity index (χ1) is 19.4. The Kier molecular flexibility index (Phi) is 6.61. The van der Waals surface area contributed by atoms with Crippen molar-refractivity contribution in [3.63, 3.8) is 0 Å². The van der Waals surface area contributed by atoms with Crippen LogP contribution >= 0.6 is 0 Å². The molecule has 1 fully saturated rings. The van der Waals surface area contributed by atoms with Crippen molar-refractivity contribution in [1.82, 2.24) is 19.1 Å². The fraction of sp³-hybridized carbons (Fsp3) is 0.200. The number of nitrogens with one attached hydrogen (secondary N) is 1. The molecule has 202 valence electrons. The minimum atomic E-state index is -0.538. The van der Waals surface area contributed by atoms with Crippen LogP contribution < -0.4 is 16.6 Å². The minimum Gasteiger partial charge on any atom is -0.396 e. The van der Waals surface area contributed by atoms with Gasteiger partial charge in [0.05, 0.1) is 11.9 Å². The Morgan fingerprint density at radius 3 is 2.65 bits per heavy atom. The quantitative estimate of drug-likeness (QED) is 0.285. The molecule has 3 aromatic heterocycles. The zero-order valence-electron chi connectivity index (χ0n) is 21.5. The highest BCUT2D eigenvalue weighted by molar-refractivity contribution is 6.04. The number of nitrogens with zero attached hydrogens (tertiary/aromatic N) is 4. The number of carbonyl (C=O) groups is 1. The third-order valence-corrected chi connectivity index (χ3v) is 7.46. The van der Waals surface area contributed by atoms with Gasteiger partial charge in [-0.25, -0.2) is 14.4 Å². The molecule has 0 bridgehead atoms. The summed E-state index contributed by atoms with van der Waals surface area (Å²) in [7, 11) is 0. The average Bonchev–Trinajstić information content (AvgIpc) is 3.30. The number of aliphatic hydroxyl groups is 1. The van der Waals surface area contributed by atoms with Gasteiger partial charge in [0.2, 0.25) is 0 Å². The number of nitrogens with two attached hydrogens (primary N) is 1. The number of aromatic nitrogens is 4. The monoisotopic (exact) mass is 538 g/mol. The molecule has 0 spiro atoms. The Balaban J connectivity index is 1.23. The largest absolute Gasteiger partial charge is 0.396 e. The van der Waals surface area contributed by atoms with Gasteiger partial charge in [0.25, 0.3) is 11.5 Å². The average molecular weight is 539 g/mol. The SMILES string of the molecule is Nc1ncnc2c1c(-c1ccc(NC(=O)c3cccn(Cc4cccc(F)c4)c3=O)cc1)cn2[C@H]1C[C@@H](CO)C1. The van der Waals surface area contributed by atoms with Crippen LogP contribution in [0.15, 0.2) is 84.2 Å². The van der Waals surface area contributed by atoms with Gasteiger partial charge in [0.15, 0.2) is 0 Å². The van der Waals surface area contributed by atoms with Gasteiger partial charge in [-0.05, 0) is 66.3 Å². The van der Waals surface area contributed by atoms with Gasteiger partial charge in [-0.3, -0.25) is 9.59 Å². The number of pyridine rings is 1. The Hall–Kier alpha value is -4.83. The highest BCUT2D eigenvalue weighted by atomic mass is 19.1. The lowest BCUT2D eigenvalue weighted by atomic mass is 9.81. The van der Waals surface area contributed by atoms with Crippen molar-refractivity contribution in [1.29, 1.82) is 0 Å². The lowest BCUT2D eigenvalue weighted by Gasteiger charge is -2.35. The molecule has 0 saturated heterocycles. The molecule has 10 heteroatoms. The molecule has 2 aromatic carbocycles. The molecule has 9 nitrogen and oxygen atoms in total. The molecule has 0 atom stereocenters. The molecule has 1 saturated carbocycles. The first-order valence-corrected chi connectivity index (χ1v) is 13.0. The second kappa shape index (κ2) is 10.4. The first kappa shape index (κ1) is 25.4. The first-order valence-electron chi connectivity index (χ1n) is 13.0. The van der Waals surface area contributed by atoms with E-state index in [1.807, 2.05) is 18.3 Å². The van der Waals surface area contributed by atoms with Crippen molar-refractivity contribution >= 4 is 28.4 Å². The number of fused-ring (bicyclic) bond motifs is 1. The van der Waals surface area contributed by atoms with Crippen LogP contribution in [0.25, 0.3) is 22.2 Å². The van der Waals surface area contributed by atoms with Crippen LogP contribution in [-0.2, 0) is 6.54 Å². The number of rotatable bonds is 7. The maximum atomic E-state index is 13.6. The lowest BCUT2D eigenvalue weighted by molar-refractivity contribution is 0.102. The van der Waals surface area contributed by atoms with Crippen LogP contribution in [0.4, 0.5) is 15.9 Å². The van der Waals surface area contributed by atoms with Crippen molar-refractivity contribution in [3.05, 3.63) is 107 Å². The van der Waals surface area contributed by atoms with Crippen LogP contribution in [0.3, 0.4) is 0 Å². The highest BCUT2D eigenvalue weighted by Crippen LogP contribution is 2.42. The number of anilines is 2. The van der Waals surface area contributed by atoms with Gasteiger partial charge in [-0.1, -0.05) is 24.3 Å². The van der Waals surface area contributed by atoms with E-state index < -0.39 is 11.5 Å². The molecule has 1 aliphatic carbocycles. The summed E-state index contributed by atoms with van der Waals surface area (Å²) < 4.78 is 17.0. The number of carbonyl (C=O) groups excluding carboxylic acids is 1. The zero-order chi connectivity index (χ0) is 27.8. The number of hydrogen-bond donors (Lipinski definition) is 3. The maximum absolute atomic E-state index is 13.6. The summed E-state index contributed by atoms with van der Waals surface area (Å²) in [6, 6.07) is 16.6. The fourth-order valence-corrected chi connectivity index (χ4v) is 5.28. The van der Waals surface area contributed by atoms with Crippen LogP contribution in [0, 0.1) is 11.7 Å². The summed E-state index contributed by atoms with van der Waals surface area (Å²) in [6.45, 7) is 0.324. The van der Waals surface area contributed by atoms with E-state index in [-0.39, 0.29) is 30.6 Å². The number of hydrogen-bond acceptors (Lipinski definition) is 6. The van der Waals surface area contributed by atoms with Gasteiger partial charge in [-0.15, -0.1) is 0 Å². The van der Waals surface area contributed by atoms with E-state index in [4.69, 9.17) is 5.73 Å². The molecule has 3 heterocycles. The molecule has 1 amide bonds. The molecule has 5 aromatic rings. The minimum absolute atomic E-state index is 0.0161. The fourth-order valence-electron chi connectivity index (χ4n) is 5.28. The molecule has 6 rings (SSSR count). The number of benzene rings is 2. The number of aliphatic hydroxyl groups excluding tert-OH is 1. The Labute approximate surface area is 228 Å². The zero-order valence-corrected chi connectivity index (χ0v) is 21.5. The van der Waals surface area contributed by atoms with Gasteiger partial charge in [-0.2, -0.15) is 0 Å². The molecule has 1 aliphatic rings. The summed E-state index contributed by atoms with van der Waals surface area (Å²) in [6.07, 6.45) is 6.79. The number of halogens is 1. The van der Waals surface area contributed by atoms with E-state index in [0.717, 1.165) is 35.0 Å². The number of nitrogen functional groups attached to an aromatic ring is 1. The van der Waals surface area contributed by atoms with Crippen molar-refractivity contribution in [2.24, 2.45) is 5.92 Å².